The van der Waals surface area contributed by atoms with Crippen LogP contribution in [0.15, 0.2) is 43.1 Å². The van der Waals surface area contributed by atoms with Crippen molar-refractivity contribution in [3.63, 3.8) is 0 Å². The maximum Gasteiger partial charge on any atom is 0.171 e. The van der Waals surface area contributed by atoms with Gasteiger partial charge in [0, 0.05) is 6.20 Å². The summed E-state index contributed by atoms with van der Waals surface area (Å²) in [5, 5.41) is 9.94. The van der Waals surface area contributed by atoms with Crippen LogP contribution < -0.4 is 4.74 Å². The van der Waals surface area contributed by atoms with Gasteiger partial charge in [0.1, 0.15) is 12.7 Å². The van der Waals surface area contributed by atoms with Crippen molar-refractivity contribution >= 4 is 11.6 Å². The van der Waals surface area contributed by atoms with Crippen LogP contribution >= 0.6 is 11.6 Å². The predicted octanol–water partition coefficient (Wildman–Crippen LogP) is 2.62. The van der Waals surface area contributed by atoms with Crippen LogP contribution in [0.3, 0.4) is 0 Å². The van der Waals surface area contributed by atoms with E-state index in [0.717, 1.165) is 6.42 Å². The van der Waals surface area contributed by atoms with Crippen LogP contribution in [0.4, 0.5) is 0 Å². The number of aliphatic hydroxyl groups excluding tert-OH is 1. The average molecular weight is 284 g/mol. The molecular weight excluding hydrogens is 266 g/mol. The van der Waals surface area contributed by atoms with E-state index < -0.39 is 6.10 Å². The van der Waals surface area contributed by atoms with E-state index >= 15 is 0 Å². The Morgan fingerprint density at radius 1 is 1.47 bits per heavy atom. The summed E-state index contributed by atoms with van der Waals surface area (Å²) in [6.07, 6.45) is 7.18. The van der Waals surface area contributed by atoms with Crippen molar-refractivity contribution in [1.29, 1.82) is 0 Å². The Hall–Kier alpha value is -1.36. The van der Waals surface area contributed by atoms with Gasteiger partial charge in [-0.1, -0.05) is 36.4 Å². The third kappa shape index (κ3) is 6.96. The Kier molecular flexibility index (Phi) is 7.89. The van der Waals surface area contributed by atoms with E-state index in [1.54, 1.807) is 24.4 Å². The lowest BCUT2D eigenvalue weighted by Crippen LogP contribution is -2.23. The van der Waals surface area contributed by atoms with Gasteiger partial charge in [-0.05, 0) is 18.6 Å². The van der Waals surface area contributed by atoms with Crippen LogP contribution in [0.2, 0.25) is 5.15 Å². The summed E-state index contributed by atoms with van der Waals surface area (Å²) in [6.45, 7) is 4.46. The number of aromatic nitrogens is 1. The SMILES string of the molecule is C=CC=CCCOCC(O)COc1cccnc1Cl. The highest BCUT2D eigenvalue weighted by Gasteiger charge is 2.07. The van der Waals surface area contributed by atoms with Crippen molar-refractivity contribution in [1.82, 2.24) is 4.98 Å². The molecule has 0 radical (unpaired) electrons. The van der Waals surface area contributed by atoms with Gasteiger partial charge in [0.25, 0.3) is 0 Å². The molecule has 0 aliphatic heterocycles. The standard InChI is InChI=1S/C14H18ClNO3/c1-2-3-4-5-9-18-10-12(17)11-19-13-7-6-8-16-14(13)15/h2-4,6-8,12,17H,1,5,9-11H2. The first kappa shape index (κ1) is 15.7. The molecule has 1 atom stereocenters. The summed E-state index contributed by atoms with van der Waals surface area (Å²) in [5.74, 6) is 0.456. The van der Waals surface area contributed by atoms with Gasteiger partial charge < -0.3 is 14.6 Å². The second-order valence-electron chi connectivity index (χ2n) is 3.78. The number of nitrogens with zero attached hydrogens (tertiary/aromatic N) is 1. The fourth-order valence-electron chi connectivity index (χ4n) is 1.28. The van der Waals surface area contributed by atoms with Crippen molar-refractivity contribution in [2.24, 2.45) is 0 Å². The summed E-state index contributed by atoms with van der Waals surface area (Å²) in [4.78, 5) is 3.87. The van der Waals surface area contributed by atoms with Crippen LogP contribution in [0, 0.1) is 0 Å². The molecule has 0 spiro atoms. The maximum atomic E-state index is 9.66. The van der Waals surface area contributed by atoms with Gasteiger partial charge in [-0.15, -0.1) is 0 Å². The van der Waals surface area contributed by atoms with E-state index in [1.165, 1.54) is 0 Å². The molecule has 19 heavy (non-hydrogen) atoms. The maximum absolute atomic E-state index is 9.66. The number of allylic oxidation sites excluding steroid dienone is 2. The first-order valence-electron chi connectivity index (χ1n) is 6.00. The van der Waals surface area contributed by atoms with Crippen molar-refractivity contribution in [3.05, 3.63) is 48.3 Å². The molecule has 1 aromatic rings. The molecule has 0 saturated carbocycles. The second kappa shape index (κ2) is 9.55. The van der Waals surface area contributed by atoms with E-state index in [1.807, 2.05) is 12.2 Å². The Morgan fingerprint density at radius 3 is 3.05 bits per heavy atom. The third-order valence-corrected chi connectivity index (χ3v) is 2.45. The molecular formula is C14H18ClNO3. The number of hydrogen-bond donors (Lipinski definition) is 1. The van der Waals surface area contributed by atoms with Gasteiger partial charge in [-0.3, -0.25) is 0 Å². The van der Waals surface area contributed by atoms with Crippen molar-refractivity contribution in [2.75, 3.05) is 19.8 Å². The van der Waals surface area contributed by atoms with E-state index in [2.05, 4.69) is 11.6 Å². The molecule has 0 amide bonds. The first-order chi connectivity index (χ1) is 9.24. The van der Waals surface area contributed by atoms with Crippen molar-refractivity contribution in [2.45, 2.75) is 12.5 Å². The molecule has 1 rings (SSSR count). The number of halogens is 1. The van der Waals surface area contributed by atoms with Crippen molar-refractivity contribution < 1.29 is 14.6 Å². The summed E-state index contributed by atoms with van der Waals surface area (Å²) in [7, 11) is 0. The molecule has 0 bridgehead atoms. The molecule has 1 heterocycles. The monoisotopic (exact) mass is 283 g/mol. The van der Waals surface area contributed by atoms with Crippen molar-refractivity contribution in [3.8, 4) is 5.75 Å². The lowest BCUT2D eigenvalue weighted by atomic mass is 10.4. The quantitative estimate of drug-likeness (QED) is 0.430. The fourth-order valence-corrected chi connectivity index (χ4v) is 1.45. The molecule has 5 heteroatoms. The minimum atomic E-state index is -0.695. The zero-order chi connectivity index (χ0) is 13.9. The Morgan fingerprint density at radius 2 is 2.32 bits per heavy atom. The summed E-state index contributed by atoms with van der Waals surface area (Å²) in [5.41, 5.74) is 0. The first-order valence-corrected chi connectivity index (χ1v) is 6.38. The second-order valence-corrected chi connectivity index (χ2v) is 4.14. The largest absolute Gasteiger partial charge is 0.488 e. The highest BCUT2D eigenvalue weighted by molar-refractivity contribution is 6.30. The number of rotatable bonds is 9. The van der Waals surface area contributed by atoms with Gasteiger partial charge in [0.05, 0.1) is 13.2 Å². The highest BCUT2D eigenvalue weighted by atomic mass is 35.5. The van der Waals surface area contributed by atoms with Gasteiger partial charge >= 0.3 is 0 Å². The topological polar surface area (TPSA) is 51.6 Å². The summed E-state index contributed by atoms with van der Waals surface area (Å²) < 4.78 is 10.6. The predicted molar refractivity (Wildman–Crippen MR) is 75.5 cm³/mol. The lowest BCUT2D eigenvalue weighted by molar-refractivity contribution is 0.0135. The van der Waals surface area contributed by atoms with Gasteiger partial charge in [0.15, 0.2) is 10.9 Å². The highest BCUT2D eigenvalue weighted by Crippen LogP contribution is 2.20. The van der Waals surface area contributed by atoms with E-state index in [9.17, 15) is 5.11 Å². The Balaban J connectivity index is 2.14. The molecule has 0 saturated heterocycles. The van der Waals surface area contributed by atoms with E-state index in [-0.39, 0.29) is 18.4 Å². The smallest absolute Gasteiger partial charge is 0.171 e. The zero-order valence-corrected chi connectivity index (χ0v) is 11.4. The molecule has 0 fully saturated rings. The number of pyridine rings is 1. The minimum Gasteiger partial charge on any atom is -0.488 e. The van der Waals surface area contributed by atoms with Gasteiger partial charge in [0.2, 0.25) is 0 Å². The Bertz CT molecular complexity index is 409. The summed E-state index contributed by atoms with van der Waals surface area (Å²) >= 11 is 5.82. The normalized spacial score (nSPS) is 12.5. The molecule has 4 nitrogen and oxygen atoms in total. The Labute approximate surface area is 118 Å². The van der Waals surface area contributed by atoms with Crippen LogP contribution in [0.5, 0.6) is 5.75 Å². The third-order valence-electron chi connectivity index (χ3n) is 2.17. The minimum absolute atomic E-state index is 0.119. The van der Waals surface area contributed by atoms with Crippen LogP contribution in [0.25, 0.3) is 0 Å². The molecule has 104 valence electrons. The number of ether oxygens (including phenoxy) is 2. The van der Waals surface area contributed by atoms with E-state index in [0.29, 0.717) is 12.4 Å². The molecule has 1 unspecified atom stereocenters. The zero-order valence-electron chi connectivity index (χ0n) is 10.7. The molecule has 0 aromatic carbocycles. The molecule has 0 aliphatic carbocycles. The lowest BCUT2D eigenvalue weighted by Gasteiger charge is -2.12. The average Bonchev–Trinajstić information content (AvgIpc) is 2.42. The fraction of sp³-hybridized carbons (Fsp3) is 0.357. The molecule has 1 aromatic heterocycles. The van der Waals surface area contributed by atoms with Gasteiger partial charge in [-0.2, -0.15) is 0 Å². The number of hydrogen-bond acceptors (Lipinski definition) is 4. The van der Waals surface area contributed by atoms with Crippen LogP contribution in [-0.2, 0) is 4.74 Å². The van der Waals surface area contributed by atoms with Gasteiger partial charge in [-0.25, -0.2) is 4.98 Å². The number of aliphatic hydroxyl groups is 1. The molecule has 1 N–H and O–H groups in total. The van der Waals surface area contributed by atoms with Crippen LogP contribution in [-0.4, -0.2) is 36.0 Å². The van der Waals surface area contributed by atoms with Crippen LogP contribution in [0.1, 0.15) is 6.42 Å². The molecule has 0 aliphatic rings. The summed E-state index contributed by atoms with van der Waals surface area (Å²) in [6, 6.07) is 3.42. The van der Waals surface area contributed by atoms with E-state index in [4.69, 9.17) is 21.1 Å².